The van der Waals surface area contributed by atoms with Gasteiger partial charge in [0.1, 0.15) is 15.7 Å². The van der Waals surface area contributed by atoms with Crippen molar-refractivity contribution < 1.29 is 31.6 Å². The van der Waals surface area contributed by atoms with Crippen LogP contribution in [0.1, 0.15) is 11.1 Å². The van der Waals surface area contributed by atoms with Crippen LogP contribution >= 0.6 is 0 Å². The molecule has 1 aliphatic heterocycles. The van der Waals surface area contributed by atoms with Crippen molar-refractivity contribution in [1.82, 2.24) is 0 Å². The van der Waals surface area contributed by atoms with Crippen LogP contribution in [0.2, 0.25) is 0 Å². The number of para-hydroxylation sites is 1. The third kappa shape index (κ3) is 3.65. The van der Waals surface area contributed by atoms with E-state index in [9.17, 15) is 13.2 Å². The number of rotatable bonds is 7. The summed E-state index contributed by atoms with van der Waals surface area (Å²) in [4.78, 5) is 13.3. The van der Waals surface area contributed by atoms with E-state index in [1.165, 1.54) is 37.8 Å². The summed E-state index contributed by atoms with van der Waals surface area (Å²) in [6.07, 6.45) is 0. The molecule has 0 aliphatic carbocycles. The van der Waals surface area contributed by atoms with Crippen LogP contribution in [0.3, 0.4) is 0 Å². The smallest absolute Gasteiger partial charge is 0.304 e. The second kappa shape index (κ2) is 7.92. The molecule has 1 heterocycles. The van der Waals surface area contributed by atoms with Crippen LogP contribution in [0.25, 0.3) is 0 Å². The van der Waals surface area contributed by atoms with Crippen LogP contribution in [-0.4, -0.2) is 52.0 Å². The molecule has 0 radical (unpaired) electrons. The van der Waals surface area contributed by atoms with E-state index in [0.717, 1.165) is 0 Å². The van der Waals surface area contributed by atoms with Gasteiger partial charge in [0.2, 0.25) is 17.4 Å². The molecule has 3 rings (SSSR count). The van der Waals surface area contributed by atoms with Gasteiger partial charge in [-0.05, 0) is 11.6 Å². The topological polar surface area (TPSA) is 114 Å². The van der Waals surface area contributed by atoms with Crippen molar-refractivity contribution in [3.8, 4) is 11.5 Å². The van der Waals surface area contributed by atoms with Gasteiger partial charge in [-0.3, -0.25) is 4.79 Å². The molecule has 8 nitrogen and oxygen atoms in total. The number of benzene rings is 2. The van der Waals surface area contributed by atoms with Crippen molar-refractivity contribution in [2.24, 2.45) is 5.73 Å². The maximum atomic E-state index is 13.3. The Balaban J connectivity index is 1.99. The first-order valence-corrected chi connectivity index (χ1v) is 10.8. The largest absolute Gasteiger partial charge is 0.493 e. The first kappa shape index (κ1) is 22.7. The minimum Gasteiger partial charge on any atom is -0.493 e. The standard InChI is InChI=1S/C19H22B3NO7S/c1-27-13-10-6-9-12(14(13)28-2)18(20)16(24)15(17(23)29-18)30-31(25,26)19(21,22)11-7-4-3-5-8-11/h3-10H,20-23H2,1-2H3. The maximum Gasteiger partial charge on any atom is 0.304 e. The highest BCUT2D eigenvalue weighted by Gasteiger charge is 2.52. The second-order valence-corrected chi connectivity index (χ2v) is 9.71. The monoisotopic (exact) mass is 441 g/mol. The van der Waals surface area contributed by atoms with Crippen LogP contribution in [0.4, 0.5) is 0 Å². The number of Topliss-reactive ketones (excluding diaryl/α,β-unsaturated/α-hetero) is 1. The molecule has 2 aromatic rings. The zero-order valence-electron chi connectivity index (χ0n) is 18.0. The van der Waals surface area contributed by atoms with Gasteiger partial charge in [-0.2, -0.15) is 8.42 Å². The summed E-state index contributed by atoms with van der Waals surface area (Å²) in [6, 6.07) is 13.5. The Morgan fingerprint density at radius 2 is 1.68 bits per heavy atom. The summed E-state index contributed by atoms with van der Waals surface area (Å²) in [5, 5.41) is 0. The summed E-state index contributed by atoms with van der Waals surface area (Å²) in [5.41, 5.74) is 5.07. The second-order valence-electron chi connectivity index (χ2n) is 7.61. The maximum absolute atomic E-state index is 13.3. The van der Waals surface area contributed by atoms with Gasteiger partial charge in [-0.25, -0.2) is 0 Å². The third-order valence-corrected chi connectivity index (χ3v) is 7.25. The van der Waals surface area contributed by atoms with Gasteiger partial charge in [0.25, 0.3) is 0 Å². The van der Waals surface area contributed by atoms with Crippen molar-refractivity contribution in [3.63, 3.8) is 0 Å². The molecule has 0 aromatic heterocycles. The van der Waals surface area contributed by atoms with Crippen LogP contribution in [0.5, 0.6) is 11.5 Å². The third-order valence-electron chi connectivity index (χ3n) is 5.38. The van der Waals surface area contributed by atoms with Gasteiger partial charge in [-0.1, -0.05) is 42.5 Å². The van der Waals surface area contributed by atoms with Gasteiger partial charge < -0.3 is 24.1 Å². The van der Waals surface area contributed by atoms with Crippen molar-refractivity contribution >= 4 is 39.4 Å². The van der Waals surface area contributed by atoms with Crippen LogP contribution in [-0.2, 0) is 33.9 Å². The van der Waals surface area contributed by atoms with Gasteiger partial charge in [0.15, 0.2) is 24.8 Å². The summed E-state index contributed by atoms with van der Waals surface area (Å²) >= 11 is 0. The number of methoxy groups -OCH3 is 2. The van der Waals surface area contributed by atoms with E-state index in [2.05, 4.69) is 0 Å². The molecule has 160 valence electrons. The van der Waals surface area contributed by atoms with Gasteiger partial charge in [0.05, 0.1) is 18.8 Å². The Hall–Kier alpha value is -3.01. The van der Waals surface area contributed by atoms with E-state index in [-0.39, 0.29) is 5.75 Å². The number of nitrogens with two attached hydrogens (primary N) is 1. The Morgan fingerprint density at radius 1 is 1.03 bits per heavy atom. The van der Waals surface area contributed by atoms with Gasteiger partial charge >= 0.3 is 10.1 Å². The van der Waals surface area contributed by atoms with Crippen molar-refractivity contribution in [2.45, 2.75) is 10.0 Å². The number of ketones is 1. The number of hydrogen-bond acceptors (Lipinski definition) is 8. The van der Waals surface area contributed by atoms with Crippen molar-refractivity contribution in [2.75, 3.05) is 14.2 Å². The van der Waals surface area contributed by atoms with E-state index >= 15 is 0 Å². The molecule has 1 atom stereocenters. The molecule has 0 bridgehead atoms. The van der Waals surface area contributed by atoms with Crippen molar-refractivity contribution in [3.05, 3.63) is 71.3 Å². The van der Waals surface area contributed by atoms with Crippen LogP contribution in [0, 0.1) is 0 Å². The fourth-order valence-corrected chi connectivity index (χ4v) is 4.37. The van der Waals surface area contributed by atoms with Crippen LogP contribution in [0.15, 0.2) is 60.2 Å². The highest BCUT2D eigenvalue weighted by Crippen LogP contribution is 2.44. The Morgan fingerprint density at radius 3 is 2.26 bits per heavy atom. The number of ether oxygens (including phenoxy) is 3. The average Bonchev–Trinajstić information content (AvgIpc) is 2.97. The van der Waals surface area contributed by atoms with Crippen molar-refractivity contribution in [1.29, 1.82) is 0 Å². The molecule has 2 aromatic carbocycles. The minimum absolute atomic E-state index is 0.266. The zero-order chi connectivity index (χ0) is 23.0. The summed E-state index contributed by atoms with van der Waals surface area (Å²) in [5.74, 6) is -1.10. The molecule has 2 N–H and O–H groups in total. The molecular weight excluding hydrogens is 419 g/mol. The lowest BCUT2D eigenvalue weighted by Crippen LogP contribution is -2.40. The normalized spacial score (nSPS) is 19.1. The van der Waals surface area contributed by atoms with E-state index in [1.807, 2.05) is 0 Å². The quantitative estimate of drug-likeness (QED) is 0.415. The summed E-state index contributed by atoms with van der Waals surface area (Å²) < 4.78 is 46.4. The summed E-state index contributed by atoms with van der Waals surface area (Å²) in [7, 11) is 3.00. The lowest BCUT2D eigenvalue weighted by atomic mass is 9.65. The van der Waals surface area contributed by atoms with E-state index in [1.54, 1.807) is 48.5 Å². The molecule has 0 saturated carbocycles. The lowest BCUT2D eigenvalue weighted by molar-refractivity contribution is -0.126. The van der Waals surface area contributed by atoms with Crippen LogP contribution < -0.4 is 15.2 Å². The SMILES string of the molecule is BC1(c2cccc(OC)c2OC)OC(N)=C(OS(=O)(=O)C(B)(B)c2ccccc2)C1=O. The Bertz CT molecular complexity index is 1150. The lowest BCUT2D eigenvalue weighted by Gasteiger charge is -2.27. The Kier molecular flexibility index (Phi) is 5.79. The highest BCUT2D eigenvalue weighted by molar-refractivity contribution is 7.90. The predicted octanol–water partition coefficient (Wildman–Crippen LogP) is -1.36. The highest BCUT2D eigenvalue weighted by atomic mass is 32.2. The minimum atomic E-state index is -4.32. The molecule has 1 unspecified atom stereocenters. The first-order valence-electron chi connectivity index (χ1n) is 9.44. The predicted molar refractivity (Wildman–Crippen MR) is 122 cm³/mol. The average molecular weight is 441 g/mol. The molecular formula is C19H22B3NO7S. The fourth-order valence-electron chi connectivity index (χ4n) is 3.36. The molecule has 12 heteroatoms. The number of hydrogen-bond donors (Lipinski definition) is 1. The van der Waals surface area contributed by atoms with E-state index in [4.69, 9.17) is 24.1 Å². The molecule has 0 amide bonds. The number of carbonyl (C=O) groups is 1. The summed E-state index contributed by atoms with van der Waals surface area (Å²) in [6.45, 7) is 0. The molecule has 31 heavy (non-hydrogen) atoms. The number of carbonyl (C=O) groups excluding carboxylic acids is 1. The molecule has 0 fully saturated rings. The molecule has 0 saturated heterocycles. The first-order chi connectivity index (χ1) is 14.5. The molecule has 0 spiro atoms. The molecule has 1 aliphatic rings. The Labute approximate surface area is 184 Å². The fraction of sp³-hybridized carbons (Fsp3) is 0.211. The van der Waals surface area contributed by atoms with Gasteiger partial charge in [0, 0.05) is 5.56 Å². The van der Waals surface area contributed by atoms with E-state index < -0.39 is 37.6 Å². The van der Waals surface area contributed by atoms with E-state index in [0.29, 0.717) is 16.9 Å². The van der Waals surface area contributed by atoms with Gasteiger partial charge in [-0.15, -0.1) is 0 Å². The zero-order valence-corrected chi connectivity index (χ0v) is 18.8.